The molecule has 64 valence electrons. The topological polar surface area (TPSA) is 49.6 Å². The fourth-order valence-electron chi connectivity index (χ4n) is 0.632. The van der Waals surface area contributed by atoms with Crippen LogP contribution in [0.4, 0.5) is 0 Å². The van der Waals surface area contributed by atoms with E-state index in [1.165, 1.54) is 12.5 Å². The Bertz CT molecular complexity index is 229. The number of nitrogens with zero attached hydrogens (tertiary/aromatic N) is 2. The van der Waals surface area contributed by atoms with Crippen LogP contribution >= 0.6 is 0 Å². The molecule has 0 aromatic carbocycles. The highest BCUT2D eigenvalue weighted by Crippen LogP contribution is 1.99. The van der Waals surface area contributed by atoms with Gasteiger partial charge in [0.25, 0.3) is 0 Å². The van der Waals surface area contributed by atoms with Crippen LogP contribution in [-0.2, 0) is 0 Å². The van der Waals surface area contributed by atoms with Crippen molar-refractivity contribution >= 4 is 12.3 Å². The summed E-state index contributed by atoms with van der Waals surface area (Å²) in [6.45, 7) is 7.55. The number of hydrogen-bond donors (Lipinski definition) is 1. The van der Waals surface area contributed by atoms with E-state index >= 15 is 0 Å². The first kappa shape index (κ1) is 10.5. The quantitative estimate of drug-likeness (QED) is 0.679. The largest absolute Gasteiger partial charge is 0.308 e. The average Bonchev–Trinajstić information content (AvgIpc) is 2.20. The first-order valence-corrected chi connectivity index (χ1v) is 3.81. The molecule has 12 heavy (non-hydrogen) atoms. The Hall–Kier alpha value is -1.51. The van der Waals surface area contributed by atoms with Crippen molar-refractivity contribution in [3.63, 3.8) is 0 Å². The van der Waals surface area contributed by atoms with E-state index in [9.17, 15) is 0 Å². The fourth-order valence-corrected chi connectivity index (χ4v) is 0.632. The van der Waals surface area contributed by atoms with Crippen molar-refractivity contribution < 1.29 is 0 Å². The Labute approximate surface area is 72.7 Å². The molecule has 0 atom stereocenters. The zero-order chi connectivity index (χ0) is 9.40. The van der Waals surface area contributed by atoms with Crippen LogP contribution in [0.5, 0.6) is 0 Å². The second kappa shape index (κ2) is 6.22. The van der Waals surface area contributed by atoms with Gasteiger partial charge >= 0.3 is 0 Å². The van der Waals surface area contributed by atoms with E-state index in [1.807, 2.05) is 13.8 Å². The van der Waals surface area contributed by atoms with Crippen LogP contribution in [-0.4, -0.2) is 16.2 Å². The Morgan fingerprint density at radius 2 is 2.17 bits per heavy atom. The maximum atomic E-state index is 6.94. The summed E-state index contributed by atoms with van der Waals surface area (Å²) in [7, 11) is 0. The zero-order valence-corrected chi connectivity index (χ0v) is 7.41. The Morgan fingerprint density at radius 1 is 1.50 bits per heavy atom. The molecule has 0 unspecified atom stereocenters. The maximum Gasteiger partial charge on any atom is 0.116 e. The third-order valence-electron chi connectivity index (χ3n) is 1.12. The van der Waals surface area contributed by atoms with Crippen LogP contribution in [0.25, 0.3) is 6.08 Å². The summed E-state index contributed by atoms with van der Waals surface area (Å²) in [5, 5.41) is 6.94. The highest BCUT2D eigenvalue weighted by Gasteiger charge is 1.93. The van der Waals surface area contributed by atoms with Crippen molar-refractivity contribution in [2.45, 2.75) is 13.8 Å². The lowest BCUT2D eigenvalue weighted by atomic mass is 10.2. The van der Waals surface area contributed by atoms with Gasteiger partial charge in [0.15, 0.2) is 0 Å². The van der Waals surface area contributed by atoms with E-state index in [2.05, 4.69) is 16.5 Å². The van der Waals surface area contributed by atoms with Crippen LogP contribution in [0, 0.1) is 5.41 Å². The Morgan fingerprint density at radius 3 is 2.58 bits per heavy atom. The smallest absolute Gasteiger partial charge is 0.116 e. The van der Waals surface area contributed by atoms with Gasteiger partial charge in [-0.3, -0.25) is 0 Å². The van der Waals surface area contributed by atoms with Gasteiger partial charge in [-0.05, 0) is 6.08 Å². The summed E-state index contributed by atoms with van der Waals surface area (Å²) >= 11 is 0. The first-order chi connectivity index (χ1) is 5.88. The summed E-state index contributed by atoms with van der Waals surface area (Å²) in [6, 6.07) is 0. The maximum absolute atomic E-state index is 6.94. The normalized spacial score (nSPS) is 7.83. The van der Waals surface area contributed by atoms with Gasteiger partial charge in [0, 0.05) is 18.0 Å². The molecule has 0 aliphatic rings. The van der Waals surface area contributed by atoms with Crippen molar-refractivity contribution in [1.82, 2.24) is 9.97 Å². The fraction of sp³-hybridized carbons (Fsp3) is 0.222. The third-order valence-corrected chi connectivity index (χ3v) is 1.12. The minimum absolute atomic E-state index is 0.692. The van der Waals surface area contributed by atoms with Gasteiger partial charge in [-0.25, -0.2) is 9.97 Å². The van der Waals surface area contributed by atoms with Gasteiger partial charge in [-0.15, -0.1) is 0 Å². The first-order valence-electron chi connectivity index (χ1n) is 3.81. The highest BCUT2D eigenvalue weighted by atomic mass is 14.8. The van der Waals surface area contributed by atoms with E-state index in [0.29, 0.717) is 11.3 Å². The molecule has 1 aromatic rings. The predicted octanol–water partition coefficient (Wildman–Crippen LogP) is 2.14. The molecule has 0 saturated heterocycles. The third kappa shape index (κ3) is 2.62. The molecule has 0 aliphatic carbocycles. The monoisotopic (exact) mass is 163 g/mol. The minimum atomic E-state index is 0.692. The van der Waals surface area contributed by atoms with Crippen LogP contribution in [0.3, 0.4) is 0 Å². The predicted molar refractivity (Wildman–Crippen MR) is 51.4 cm³/mol. The molecule has 0 saturated carbocycles. The van der Waals surface area contributed by atoms with E-state index < -0.39 is 0 Å². The molecule has 0 fully saturated rings. The molecule has 1 N–H and O–H groups in total. The van der Waals surface area contributed by atoms with Crippen molar-refractivity contribution in [2.24, 2.45) is 0 Å². The van der Waals surface area contributed by atoms with Crippen LogP contribution in [0.15, 0.2) is 19.1 Å². The Balaban J connectivity index is 0.000000561. The van der Waals surface area contributed by atoms with Crippen molar-refractivity contribution in [3.8, 4) is 0 Å². The number of aromatic nitrogens is 2. The zero-order valence-electron chi connectivity index (χ0n) is 7.41. The summed E-state index contributed by atoms with van der Waals surface area (Å²) in [5.74, 6) is 0. The molecule has 3 nitrogen and oxygen atoms in total. The van der Waals surface area contributed by atoms with Gasteiger partial charge in [0.05, 0.1) is 5.69 Å². The van der Waals surface area contributed by atoms with Crippen LogP contribution in [0.2, 0.25) is 0 Å². The van der Waals surface area contributed by atoms with Gasteiger partial charge in [0.1, 0.15) is 6.33 Å². The van der Waals surface area contributed by atoms with Crippen molar-refractivity contribution in [1.29, 1.82) is 5.41 Å². The lowest BCUT2D eigenvalue weighted by molar-refractivity contribution is 1.14. The second-order valence-corrected chi connectivity index (χ2v) is 1.71. The molecule has 1 rings (SSSR count). The summed E-state index contributed by atoms with van der Waals surface area (Å²) < 4.78 is 0. The van der Waals surface area contributed by atoms with Gasteiger partial charge < -0.3 is 5.41 Å². The van der Waals surface area contributed by atoms with Crippen molar-refractivity contribution in [3.05, 3.63) is 30.4 Å². The van der Waals surface area contributed by atoms with Gasteiger partial charge in [-0.1, -0.05) is 20.4 Å². The highest BCUT2D eigenvalue weighted by molar-refractivity contribution is 5.81. The molecule has 0 aliphatic heterocycles. The van der Waals surface area contributed by atoms with E-state index in [4.69, 9.17) is 5.41 Å². The summed E-state index contributed by atoms with van der Waals surface area (Å²) in [5.41, 5.74) is 1.39. The van der Waals surface area contributed by atoms with Gasteiger partial charge in [-0.2, -0.15) is 0 Å². The molecule has 3 heteroatoms. The van der Waals surface area contributed by atoms with E-state index in [-0.39, 0.29) is 0 Å². The minimum Gasteiger partial charge on any atom is -0.308 e. The second-order valence-electron chi connectivity index (χ2n) is 1.71. The van der Waals surface area contributed by atoms with Crippen LogP contribution < -0.4 is 0 Å². The molecular weight excluding hydrogens is 150 g/mol. The standard InChI is InChI=1S/C7H7N3.C2H6/c1-2-7-6(3-8)4-9-5-10-7;1-2/h2-5,8H,1H2;1-2H3. The summed E-state index contributed by atoms with van der Waals surface area (Å²) in [6.07, 6.45) is 5.82. The van der Waals surface area contributed by atoms with Crippen molar-refractivity contribution in [2.75, 3.05) is 0 Å². The average molecular weight is 163 g/mol. The molecule has 0 spiro atoms. The lowest BCUT2D eigenvalue weighted by Gasteiger charge is -1.93. The van der Waals surface area contributed by atoms with Crippen LogP contribution in [0.1, 0.15) is 25.1 Å². The molecule has 0 radical (unpaired) electrons. The molecule has 1 aromatic heterocycles. The molecule has 0 bridgehead atoms. The number of rotatable bonds is 2. The van der Waals surface area contributed by atoms with E-state index in [1.54, 1.807) is 12.3 Å². The molecule has 0 amide bonds. The van der Waals surface area contributed by atoms with E-state index in [0.717, 1.165) is 0 Å². The SMILES string of the molecule is C=Cc1ncncc1C=N.CC. The lowest BCUT2D eigenvalue weighted by Crippen LogP contribution is -1.90. The number of nitrogens with one attached hydrogen (secondary N) is 1. The molecule has 1 heterocycles. The van der Waals surface area contributed by atoms with Gasteiger partial charge in [0.2, 0.25) is 0 Å². The number of hydrogen-bond acceptors (Lipinski definition) is 3. The summed E-state index contributed by atoms with van der Waals surface area (Å²) in [4.78, 5) is 7.64. The Kier molecular flexibility index (Phi) is 5.43. The molecular formula is C9H13N3.